The molecule has 3 nitrogen and oxygen atoms in total. The first-order chi connectivity index (χ1) is 10.2. The summed E-state index contributed by atoms with van der Waals surface area (Å²) in [6.45, 7) is 4.13. The molecule has 3 heteroatoms. The van der Waals surface area contributed by atoms with Crippen LogP contribution in [0.4, 0.5) is 0 Å². The molecule has 2 bridgehead atoms. The molecule has 0 saturated heterocycles. The van der Waals surface area contributed by atoms with Crippen LogP contribution in [0.15, 0.2) is 24.3 Å². The Balaban J connectivity index is 1.54. The van der Waals surface area contributed by atoms with E-state index in [0.717, 1.165) is 35.3 Å². The summed E-state index contributed by atoms with van der Waals surface area (Å²) in [6, 6.07) is 8.77. The first-order valence-corrected chi connectivity index (χ1v) is 8.41. The van der Waals surface area contributed by atoms with E-state index in [1.54, 1.807) is 0 Å². The fourth-order valence-corrected chi connectivity index (χ4v) is 5.32. The van der Waals surface area contributed by atoms with Gasteiger partial charge in [0.15, 0.2) is 0 Å². The minimum Gasteiger partial charge on any atom is -0.491 e. The van der Waals surface area contributed by atoms with E-state index in [0.29, 0.717) is 6.04 Å². The lowest BCUT2D eigenvalue weighted by Crippen LogP contribution is -2.31. The second-order valence-electron chi connectivity index (χ2n) is 7.45. The largest absolute Gasteiger partial charge is 0.491 e. The molecule has 4 rings (SSSR count). The number of rotatable bonds is 5. The fraction of sp³-hybridized carbons (Fsp3) is 0.667. The maximum absolute atomic E-state index is 5.92. The number of ether oxygens (including phenoxy) is 1. The van der Waals surface area contributed by atoms with Gasteiger partial charge in [0.1, 0.15) is 5.75 Å². The highest BCUT2D eigenvalue weighted by atomic mass is 16.5. The molecule has 3 N–H and O–H groups in total. The third-order valence-electron chi connectivity index (χ3n) is 5.95. The summed E-state index contributed by atoms with van der Waals surface area (Å²) in [6.07, 6.45) is 4.60. The van der Waals surface area contributed by atoms with Crippen LogP contribution in [0.2, 0.25) is 0 Å². The lowest BCUT2D eigenvalue weighted by Gasteiger charge is -2.21. The zero-order chi connectivity index (χ0) is 14.6. The monoisotopic (exact) mass is 286 g/mol. The molecule has 3 fully saturated rings. The molecule has 5 unspecified atom stereocenters. The summed E-state index contributed by atoms with van der Waals surface area (Å²) in [5.41, 5.74) is 4.39. The van der Waals surface area contributed by atoms with Gasteiger partial charge in [-0.05, 0) is 80.4 Å². The molecule has 21 heavy (non-hydrogen) atoms. The standard InChI is InChI=1S/C18H26N2O/c1-10(2)21-14-5-3-4-13(9-14)18(20-19)17-15-11-6-7-12(8-11)16(15)17/h3-5,9-12,15-18,20H,6-8,19H2,1-2H3. The SMILES string of the molecule is CC(C)Oc1cccc(C(NN)C2C3C4CCC(C4)C32)c1. The van der Waals surface area contributed by atoms with Crippen molar-refractivity contribution in [3.63, 3.8) is 0 Å². The van der Waals surface area contributed by atoms with Gasteiger partial charge in [-0.2, -0.15) is 0 Å². The molecule has 0 spiro atoms. The Morgan fingerprint density at radius 2 is 1.90 bits per heavy atom. The second kappa shape index (κ2) is 4.99. The van der Waals surface area contributed by atoms with Gasteiger partial charge in [0.05, 0.1) is 6.10 Å². The average Bonchev–Trinajstić information content (AvgIpc) is 2.88. The predicted molar refractivity (Wildman–Crippen MR) is 83.6 cm³/mol. The number of hydrogen-bond acceptors (Lipinski definition) is 3. The Bertz CT molecular complexity index is 514. The van der Waals surface area contributed by atoms with Gasteiger partial charge in [0.2, 0.25) is 0 Å². The molecule has 0 aliphatic heterocycles. The van der Waals surface area contributed by atoms with Gasteiger partial charge >= 0.3 is 0 Å². The Morgan fingerprint density at radius 1 is 1.19 bits per heavy atom. The Kier molecular flexibility index (Phi) is 3.23. The summed E-state index contributed by atoms with van der Waals surface area (Å²) in [4.78, 5) is 0. The van der Waals surface area contributed by atoms with Crippen molar-refractivity contribution in [1.82, 2.24) is 5.43 Å². The highest BCUT2D eigenvalue weighted by molar-refractivity contribution is 5.33. The number of nitrogens with one attached hydrogen (secondary N) is 1. The van der Waals surface area contributed by atoms with Crippen molar-refractivity contribution in [2.75, 3.05) is 0 Å². The molecule has 1 aromatic carbocycles. The van der Waals surface area contributed by atoms with Crippen LogP contribution in [0.5, 0.6) is 5.75 Å². The van der Waals surface area contributed by atoms with Gasteiger partial charge < -0.3 is 4.74 Å². The highest BCUT2D eigenvalue weighted by Gasteiger charge is 2.66. The molecule has 5 atom stereocenters. The van der Waals surface area contributed by atoms with Gasteiger partial charge in [-0.1, -0.05) is 12.1 Å². The molecule has 3 aliphatic carbocycles. The van der Waals surface area contributed by atoms with Crippen molar-refractivity contribution < 1.29 is 4.74 Å². The minimum absolute atomic E-state index is 0.209. The molecule has 114 valence electrons. The predicted octanol–water partition coefficient (Wildman–Crippen LogP) is 3.27. The molecular formula is C18H26N2O. The van der Waals surface area contributed by atoms with E-state index >= 15 is 0 Å². The zero-order valence-corrected chi connectivity index (χ0v) is 13.0. The lowest BCUT2D eigenvalue weighted by atomic mass is 9.93. The molecule has 3 aliphatic rings. The highest BCUT2D eigenvalue weighted by Crippen LogP contribution is 2.72. The van der Waals surface area contributed by atoms with Gasteiger partial charge in [-0.3, -0.25) is 11.3 Å². The van der Waals surface area contributed by atoms with Gasteiger partial charge in [0.25, 0.3) is 0 Å². The van der Waals surface area contributed by atoms with Gasteiger partial charge in [-0.25, -0.2) is 0 Å². The molecular weight excluding hydrogens is 260 g/mol. The van der Waals surface area contributed by atoms with Crippen molar-refractivity contribution in [3.05, 3.63) is 29.8 Å². The van der Waals surface area contributed by atoms with Crippen LogP contribution >= 0.6 is 0 Å². The van der Waals surface area contributed by atoms with E-state index in [1.807, 2.05) is 6.07 Å². The maximum Gasteiger partial charge on any atom is 0.120 e. The van der Waals surface area contributed by atoms with Crippen LogP contribution in [0.25, 0.3) is 0 Å². The molecule has 0 heterocycles. The fourth-order valence-electron chi connectivity index (χ4n) is 5.32. The van der Waals surface area contributed by atoms with Crippen molar-refractivity contribution in [2.24, 2.45) is 35.4 Å². The first kappa shape index (κ1) is 13.6. The Labute approximate surface area is 127 Å². The summed E-state index contributed by atoms with van der Waals surface area (Å²) < 4.78 is 5.83. The van der Waals surface area contributed by atoms with E-state index in [4.69, 9.17) is 10.6 Å². The number of nitrogens with two attached hydrogens (primary N) is 1. The molecule has 0 amide bonds. The number of hydrazine groups is 1. The molecule has 0 radical (unpaired) electrons. The normalized spacial score (nSPS) is 37.6. The third-order valence-corrected chi connectivity index (χ3v) is 5.95. The van der Waals surface area contributed by atoms with Crippen molar-refractivity contribution >= 4 is 0 Å². The molecule has 0 aromatic heterocycles. The summed E-state index contributed by atoms with van der Waals surface area (Å²) in [7, 11) is 0. The van der Waals surface area contributed by atoms with Crippen LogP contribution in [-0.2, 0) is 0 Å². The van der Waals surface area contributed by atoms with E-state index in [2.05, 4.69) is 37.5 Å². The quantitative estimate of drug-likeness (QED) is 0.645. The topological polar surface area (TPSA) is 47.3 Å². The average molecular weight is 286 g/mol. The van der Waals surface area contributed by atoms with Crippen molar-refractivity contribution in [3.8, 4) is 5.75 Å². The summed E-state index contributed by atoms with van der Waals surface area (Å²) in [5.74, 6) is 11.4. The van der Waals surface area contributed by atoms with Crippen LogP contribution in [0.3, 0.4) is 0 Å². The first-order valence-electron chi connectivity index (χ1n) is 8.41. The molecule has 3 saturated carbocycles. The Hall–Kier alpha value is -1.06. The second-order valence-corrected chi connectivity index (χ2v) is 7.45. The minimum atomic E-state index is 0.209. The van der Waals surface area contributed by atoms with Crippen LogP contribution in [0.1, 0.15) is 44.7 Å². The van der Waals surface area contributed by atoms with Gasteiger partial charge in [-0.15, -0.1) is 0 Å². The van der Waals surface area contributed by atoms with Gasteiger partial charge in [0, 0.05) is 6.04 Å². The van der Waals surface area contributed by atoms with Crippen LogP contribution < -0.4 is 16.0 Å². The smallest absolute Gasteiger partial charge is 0.120 e. The number of hydrogen-bond donors (Lipinski definition) is 2. The van der Waals surface area contributed by atoms with E-state index in [1.165, 1.54) is 24.8 Å². The summed E-state index contributed by atoms with van der Waals surface area (Å²) in [5, 5.41) is 0. The third kappa shape index (κ3) is 2.18. The van der Waals surface area contributed by atoms with E-state index < -0.39 is 0 Å². The van der Waals surface area contributed by atoms with E-state index in [9.17, 15) is 0 Å². The van der Waals surface area contributed by atoms with Crippen molar-refractivity contribution in [2.45, 2.75) is 45.3 Å². The van der Waals surface area contributed by atoms with Crippen LogP contribution in [-0.4, -0.2) is 6.10 Å². The van der Waals surface area contributed by atoms with E-state index in [-0.39, 0.29) is 6.10 Å². The maximum atomic E-state index is 5.92. The lowest BCUT2D eigenvalue weighted by molar-refractivity contribution is 0.241. The number of fused-ring (bicyclic) bond motifs is 5. The van der Waals surface area contributed by atoms with Crippen molar-refractivity contribution in [1.29, 1.82) is 0 Å². The molecule has 1 aromatic rings. The zero-order valence-electron chi connectivity index (χ0n) is 13.0. The summed E-state index contributed by atoms with van der Waals surface area (Å²) >= 11 is 0. The number of benzene rings is 1. The van der Waals surface area contributed by atoms with Crippen LogP contribution in [0, 0.1) is 29.6 Å². The Morgan fingerprint density at radius 3 is 2.52 bits per heavy atom.